The first-order valence-electron chi connectivity index (χ1n) is 5.50. The lowest BCUT2D eigenvalue weighted by Gasteiger charge is -2.25. The summed E-state index contributed by atoms with van der Waals surface area (Å²) in [5, 5.41) is 3.27. The van der Waals surface area contributed by atoms with Gasteiger partial charge in [-0.1, -0.05) is 0 Å². The molecule has 0 unspecified atom stereocenters. The molecule has 9 nitrogen and oxygen atoms in total. The number of hydrazine groups is 1. The topological polar surface area (TPSA) is 112 Å². The van der Waals surface area contributed by atoms with Crippen LogP contribution in [-0.4, -0.2) is 55.6 Å². The van der Waals surface area contributed by atoms with Crippen LogP contribution >= 0.6 is 0 Å². The average molecular weight is 269 g/mol. The number of nitrogens with zero attached hydrogens (tertiary/aromatic N) is 2. The highest BCUT2D eigenvalue weighted by Gasteiger charge is 2.23. The molecule has 1 aliphatic heterocycles. The predicted octanol–water partition coefficient (Wildman–Crippen LogP) is -2.29. The number of amides is 3. The van der Waals surface area contributed by atoms with Gasteiger partial charge in [0, 0.05) is 32.1 Å². The Balaban J connectivity index is 2.31. The van der Waals surface area contributed by atoms with E-state index in [9.17, 15) is 14.4 Å². The van der Waals surface area contributed by atoms with Crippen LogP contribution in [0.4, 0.5) is 0 Å². The molecule has 1 heterocycles. The highest BCUT2D eigenvalue weighted by atomic mass is 16.5. The van der Waals surface area contributed by atoms with E-state index in [1.807, 2.05) is 5.43 Å². The third-order valence-electron chi connectivity index (χ3n) is 2.19. The zero-order chi connectivity index (χ0) is 14.1. The average Bonchev–Trinajstić information content (AvgIpc) is 2.45. The second-order valence-corrected chi connectivity index (χ2v) is 3.47. The Labute approximate surface area is 109 Å². The summed E-state index contributed by atoms with van der Waals surface area (Å²) in [5.74, 6) is -2.23. The van der Waals surface area contributed by atoms with Gasteiger partial charge in [-0.05, 0) is 0 Å². The Morgan fingerprint density at radius 1 is 1.21 bits per heavy atom. The zero-order valence-corrected chi connectivity index (χ0v) is 10.2. The number of hydrazone groups is 1. The van der Waals surface area contributed by atoms with E-state index in [0.29, 0.717) is 26.3 Å². The maximum absolute atomic E-state index is 11.6. The van der Waals surface area contributed by atoms with Gasteiger partial charge in [0.05, 0.1) is 13.2 Å². The summed E-state index contributed by atoms with van der Waals surface area (Å²) in [6.45, 7) is 4.64. The smallest absolute Gasteiger partial charge is 0.327 e. The summed E-state index contributed by atoms with van der Waals surface area (Å²) in [6, 6.07) is 0. The number of carbonyl (C=O) groups excluding carboxylic acids is 3. The number of hydrogen-bond donors (Lipinski definition) is 3. The van der Waals surface area contributed by atoms with E-state index in [1.54, 1.807) is 0 Å². The normalized spacial score (nSPS) is 14.8. The molecule has 104 valence electrons. The quantitative estimate of drug-likeness (QED) is 0.231. The highest BCUT2D eigenvalue weighted by Crippen LogP contribution is 1.96. The molecule has 9 heteroatoms. The van der Waals surface area contributed by atoms with Crippen LogP contribution in [0.5, 0.6) is 0 Å². The molecule has 1 saturated heterocycles. The van der Waals surface area contributed by atoms with E-state index >= 15 is 0 Å². The fourth-order valence-electron chi connectivity index (χ4n) is 1.29. The summed E-state index contributed by atoms with van der Waals surface area (Å²) in [6.07, 6.45) is 2.30. The first kappa shape index (κ1) is 14.6. The molecule has 0 aliphatic carbocycles. The van der Waals surface area contributed by atoms with Crippen LogP contribution in [0, 0.1) is 0 Å². The minimum absolute atomic E-state index is 0.356. The van der Waals surface area contributed by atoms with Crippen molar-refractivity contribution in [2.75, 3.05) is 26.3 Å². The van der Waals surface area contributed by atoms with E-state index in [0.717, 1.165) is 6.08 Å². The molecule has 0 atom stereocenters. The van der Waals surface area contributed by atoms with Crippen molar-refractivity contribution in [3.63, 3.8) is 0 Å². The molecule has 0 aromatic heterocycles. The summed E-state index contributed by atoms with van der Waals surface area (Å²) in [5.41, 5.74) is 6.38. The van der Waals surface area contributed by atoms with Crippen molar-refractivity contribution in [2.45, 2.75) is 0 Å². The summed E-state index contributed by atoms with van der Waals surface area (Å²) < 4.78 is 5.06. The number of morpholine rings is 1. The third-order valence-corrected chi connectivity index (χ3v) is 2.19. The maximum atomic E-state index is 11.6. The van der Waals surface area contributed by atoms with Gasteiger partial charge in [0.25, 0.3) is 5.91 Å². The van der Waals surface area contributed by atoms with Gasteiger partial charge in [0.1, 0.15) is 0 Å². The van der Waals surface area contributed by atoms with Gasteiger partial charge in [-0.2, -0.15) is 5.10 Å². The van der Waals surface area contributed by atoms with Crippen molar-refractivity contribution in [2.24, 2.45) is 5.10 Å². The number of hydrogen-bond acceptors (Lipinski definition) is 6. The molecule has 1 aliphatic rings. The van der Waals surface area contributed by atoms with Gasteiger partial charge < -0.3 is 9.64 Å². The van der Waals surface area contributed by atoms with Crippen LogP contribution in [-0.2, 0) is 19.1 Å². The first-order chi connectivity index (χ1) is 9.15. The molecule has 0 aromatic carbocycles. The monoisotopic (exact) mass is 269 g/mol. The van der Waals surface area contributed by atoms with Crippen molar-refractivity contribution < 1.29 is 19.1 Å². The minimum Gasteiger partial charge on any atom is -0.378 e. The largest absolute Gasteiger partial charge is 0.378 e. The predicted molar refractivity (Wildman–Crippen MR) is 65.5 cm³/mol. The SMILES string of the molecule is C=NN/C=C\C(=O)NNC(=O)C(=O)N1CCOCC1. The van der Waals surface area contributed by atoms with E-state index in [1.165, 1.54) is 11.1 Å². The Morgan fingerprint density at radius 2 is 1.89 bits per heavy atom. The standard InChI is InChI=1S/C10H15N5O4/c1-11-12-3-2-8(16)13-14-9(17)10(18)15-4-6-19-7-5-15/h2-3,12H,1,4-7H2,(H,13,16)(H,14,17)/b3-2-. The first-order valence-corrected chi connectivity index (χ1v) is 5.50. The molecular formula is C10H15N5O4. The van der Waals surface area contributed by atoms with E-state index in [-0.39, 0.29) is 0 Å². The van der Waals surface area contributed by atoms with Gasteiger partial charge in [-0.15, -0.1) is 0 Å². The van der Waals surface area contributed by atoms with E-state index < -0.39 is 17.7 Å². The van der Waals surface area contributed by atoms with Crippen LogP contribution in [0.1, 0.15) is 0 Å². The van der Waals surface area contributed by atoms with Gasteiger partial charge in [0.15, 0.2) is 0 Å². The fourth-order valence-corrected chi connectivity index (χ4v) is 1.29. The van der Waals surface area contributed by atoms with Crippen LogP contribution < -0.4 is 16.3 Å². The molecule has 3 amide bonds. The number of rotatable bonds is 3. The van der Waals surface area contributed by atoms with Gasteiger partial charge in [-0.25, -0.2) is 0 Å². The molecular weight excluding hydrogens is 254 g/mol. The second kappa shape index (κ2) is 7.82. The van der Waals surface area contributed by atoms with Crippen LogP contribution in [0.3, 0.4) is 0 Å². The molecule has 0 aromatic rings. The second-order valence-electron chi connectivity index (χ2n) is 3.47. The van der Waals surface area contributed by atoms with Crippen LogP contribution in [0.25, 0.3) is 0 Å². The number of ether oxygens (including phenoxy) is 1. The van der Waals surface area contributed by atoms with Crippen molar-refractivity contribution in [1.82, 2.24) is 21.2 Å². The summed E-state index contributed by atoms with van der Waals surface area (Å²) in [7, 11) is 0. The third kappa shape index (κ3) is 5.17. The maximum Gasteiger partial charge on any atom is 0.327 e. The van der Waals surface area contributed by atoms with Crippen molar-refractivity contribution in [3.8, 4) is 0 Å². The van der Waals surface area contributed by atoms with Crippen LogP contribution in [0.15, 0.2) is 17.4 Å². The Kier molecular flexibility index (Phi) is 6.03. The molecule has 0 saturated carbocycles. The molecule has 0 bridgehead atoms. The molecule has 1 fully saturated rings. The molecule has 1 rings (SSSR count). The Bertz CT molecular complexity index is 389. The lowest BCUT2D eigenvalue weighted by atomic mass is 10.4. The van der Waals surface area contributed by atoms with E-state index in [2.05, 4.69) is 22.7 Å². The summed E-state index contributed by atoms with van der Waals surface area (Å²) >= 11 is 0. The van der Waals surface area contributed by atoms with E-state index in [4.69, 9.17) is 4.74 Å². The highest BCUT2D eigenvalue weighted by molar-refractivity contribution is 6.35. The number of nitrogens with one attached hydrogen (secondary N) is 3. The molecule has 0 spiro atoms. The zero-order valence-electron chi connectivity index (χ0n) is 10.2. The van der Waals surface area contributed by atoms with Gasteiger partial charge >= 0.3 is 11.8 Å². The lowest BCUT2D eigenvalue weighted by molar-refractivity contribution is -0.149. The van der Waals surface area contributed by atoms with Crippen LogP contribution in [0.2, 0.25) is 0 Å². The van der Waals surface area contributed by atoms with Crippen molar-refractivity contribution in [3.05, 3.63) is 12.3 Å². The summed E-state index contributed by atoms with van der Waals surface area (Å²) in [4.78, 5) is 35.6. The Hall–Kier alpha value is -2.42. The Morgan fingerprint density at radius 3 is 2.53 bits per heavy atom. The van der Waals surface area contributed by atoms with Gasteiger partial charge in [-0.3, -0.25) is 30.7 Å². The lowest BCUT2D eigenvalue weighted by Crippen LogP contribution is -2.52. The number of carbonyl (C=O) groups is 3. The van der Waals surface area contributed by atoms with Crippen molar-refractivity contribution >= 4 is 24.4 Å². The van der Waals surface area contributed by atoms with Crippen molar-refractivity contribution in [1.29, 1.82) is 0 Å². The molecule has 0 radical (unpaired) electrons. The molecule has 3 N–H and O–H groups in total. The fraction of sp³-hybridized carbons (Fsp3) is 0.400. The molecule has 19 heavy (non-hydrogen) atoms. The minimum atomic E-state index is -0.904. The van der Waals surface area contributed by atoms with Gasteiger partial charge in [0.2, 0.25) is 0 Å².